The molecule has 1 aromatic rings. The van der Waals surface area contributed by atoms with Gasteiger partial charge in [-0.1, -0.05) is 12.1 Å². The molecule has 0 saturated carbocycles. The minimum absolute atomic E-state index is 0. The van der Waals surface area contributed by atoms with Gasteiger partial charge in [0, 0.05) is 38.8 Å². The van der Waals surface area contributed by atoms with Crippen molar-refractivity contribution in [1.29, 1.82) is 0 Å². The van der Waals surface area contributed by atoms with E-state index in [1.165, 1.54) is 6.07 Å². The Hall–Kier alpha value is -0.550. The van der Waals surface area contributed by atoms with Crippen LogP contribution in [0.3, 0.4) is 0 Å². The third-order valence-electron chi connectivity index (χ3n) is 3.11. The zero-order chi connectivity index (χ0) is 12.3. The number of hydrogen-bond donors (Lipinski definition) is 1. The SMILES string of the molecule is CC(N)CN1CCN(c2ccccc2F)CC1.Cl.Cl. The predicted molar refractivity (Wildman–Crippen MR) is 83.2 cm³/mol. The van der Waals surface area contributed by atoms with Crippen LogP contribution in [0.2, 0.25) is 0 Å². The first-order chi connectivity index (χ1) is 8.16. The highest BCUT2D eigenvalue weighted by molar-refractivity contribution is 5.85. The van der Waals surface area contributed by atoms with Crippen LogP contribution < -0.4 is 10.6 Å². The Bertz CT molecular complexity index is 369. The lowest BCUT2D eigenvalue weighted by molar-refractivity contribution is 0.246. The number of anilines is 1. The fraction of sp³-hybridized carbons (Fsp3) is 0.538. The maximum Gasteiger partial charge on any atom is 0.146 e. The second kappa shape index (κ2) is 8.59. The summed E-state index contributed by atoms with van der Waals surface area (Å²) in [5.74, 6) is -0.131. The van der Waals surface area contributed by atoms with Crippen molar-refractivity contribution in [3.63, 3.8) is 0 Å². The molecular weight excluding hydrogens is 288 g/mol. The van der Waals surface area contributed by atoms with Gasteiger partial charge in [0.05, 0.1) is 5.69 Å². The average Bonchev–Trinajstić information content (AvgIpc) is 2.30. The largest absolute Gasteiger partial charge is 0.367 e. The fourth-order valence-corrected chi connectivity index (χ4v) is 2.29. The molecule has 1 aliphatic heterocycles. The van der Waals surface area contributed by atoms with Gasteiger partial charge in [-0.2, -0.15) is 0 Å². The summed E-state index contributed by atoms with van der Waals surface area (Å²) in [6, 6.07) is 7.17. The maximum atomic E-state index is 13.6. The predicted octanol–water partition coefficient (Wildman–Crippen LogP) is 2.14. The van der Waals surface area contributed by atoms with E-state index in [-0.39, 0.29) is 36.7 Å². The van der Waals surface area contributed by atoms with E-state index in [1.807, 2.05) is 19.1 Å². The van der Waals surface area contributed by atoms with Crippen molar-refractivity contribution >= 4 is 30.5 Å². The van der Waals surface area contributed by atoms with Crippen LogP contribution in [0.5, 0.6) is 0 Å². The summed E-state index contributed by atoms with van der Waals surface area (Å²) in [6.07, 6.45) is 0. The van der Waals surface area contributed by atoms with Crippen molar-refractivity contribution in [2.75, 3.05) is 37.6 Å². The Kier molecular flexibility index (Phi) is 8.34. The Balaban J connectivity index is 0.00000162. The number of benzene rings is 1. The molecular formula is C13H22Cl2FN3. The molecule has 1 unspecified atom stereocenters. The lowest BCUT2D eigenvalue weighted by atomic mass is 10.2. The Morgan fingerprint density at radius 1 is 1.16 bits per heavy atom. The van der Waals surface area contributed by atoms with Crippen LogP contribution in [0.25, 0.3) is 0 Å². The Morgan fingerprint density at radius 2 is 1.74 bits per heavy atom. The molecule has 6 heteroatoms. The first-order valence-corrected chi connectivity index (χ1v) is 6.14. The van der Waals surface area contributed by atoms with Crippen LogP contribution in [0.15, 0.2) is 24.3 Å². The number of nitrogens with zero attached hydrogens (tertiary/aromatic N) is 2. The number of rotatable bonds is 3. The maximum absolute atomic E-state index is 13.6. The van der Waals surface area contributed by atoms with E-state index in [2.05, 4.69) is 9.80 Å². The quantitative estimate of drug-likeness (QED) is 0.928. The van der Waals surface area contributed by atoms with Crippen molar-refractivity contribution in [3.05, 3.63) is 30.1 Å². The smallest absolute Gasteiger partial charge is 0.146 e. The van der Waals surface area contributed by atoms with Gasteiger partial charge in [-0.05, 0) is 19.1 Å². The summed E-state index contributed by atoms with van der Waals surface area (Å²) in [6.45, 7) is 6.58. The molecule has 2 N–H and O–H groups in total. The monoisotopic (exact) mass is 309 g/mol. The summed E-state index contributed by atoms with van der Waals surface area (Å²) in [4.78, 5) is 4.44. The molecule has 1 saturated heterocycles. The second-order valence-corrected chi connectivity index (χ2v) is 4.72. The van der Waals surface area contributed by atoms with Gasteiger partial charge in [0.25, 0.3) is 0 Å². The van der Waals surface area contributed by atoms with Crippen molar-refractivity contribution in [2.24, 2.45) is 5.73 Å². The van der Waals surface area contributed by atoms with E-state index in [0.717, 1.165) is 32.7 Å². The van der Waals surface area contributed by atoms with Crippen LogP contribution >= 0.6 is 24.8 Å². The van der Waals surface area contributed by atoms with Gasteiger partial charge < -0.3 is 10.6 Å². The Morgan fingerprint density at radius 3 is 2.26 bits per heavy atom. The first-order valence-electron chi connectivity index (χ1n) is 6.14. The van der Waals surface area contributed by atoms with Gasteiger partial charge in [-0.15, -0.1) is 24.8 Å². The third-order valence-corrected chi connectivity index (χ3v) is 3.11. The standard InChI is InChI=1S/C13H20FN3.2ClH/c1-11(15)10-16-6-8-17(9-7-16)13-5-3-2-4-12(13)14;;/h2-5,11H,6-10,15H2,1H3;2*1H. The number of para-hydroxylation sites is 1. The normalized spacial score (nSPS) is 17.3. The molecule has 110 valence electrons. The summed E-state index contributed by atoms with van der Waals surface area (Å²) >= 11 is 0. The highest BCUT2D eigenvalue weighted by Crippen LogP contribution is 2.19. The van der Waals surface area contributed by atoms with Gasteiger partial charge in [0.2, 0.25) is 0 Å². The fourth-order valence-electron chi connectivity index (χ4n) is 2.29. The molecule has 0 aliphatic carbocycles. The van der Waals surface area contributed by atoms with E-state index >= 15 is 0 Å². The first kappa shape index (κ1) is 18.4. The van der Waals surface area contributed by atoms with Crippen LogP contribution in [-0.4, -0.2) is 43.7 Å². The molecule has 0 amide bonds. The molecule has 1 atom stereocenters. The number of piperazine rings is 1. The van der Waals surface area contributed by atoms with Crippen LogP contribution in [-0.2, 0) is 0 Å². The van der Waals surface area contributed by atoms with Crippen LogP contribution in [0.4, 0.5) is 10.1 Å². The molecule has 1 aliphatic rings. The topological polar surface area (TPSA) is 32.5 Å². The van der Waals surface area contributed by atoms with Gasteiger partial charge in [0.1, 0.15) is 5.82 Å². The van der Waals surface area contributed by atoms with E-state index in [1.54, 1.807) is 6.07 Å². The summed E-state index contributed by atoms with van der Waals surface area (Å²) in [5.41, 5.74) is 6.49. The van der Waals surface area contributed by atoms with Crippen LogP contribution in [0.1, 0.15) is 6.92 Å². The number of hydrogen-bond acceptors (Lipinski definition) is 3. The number of halogens is 3. The second-order valence-electron chi connectivity index (χ2n) is 4.72. The van der Waals surface area contributed by atoms with Crippen molar-refractivity contribution in [1.82, 2.24) is 4.90 Å². The summed E-state index contributed by atoms with van der Waals surface area (Å²) in [5, 5.41) is 0. The van der Waals surface area contributed by atoms with Gasteiger partial charge in [-0.25, -0.2) is 4.39 Å². The van der Waals surface area contributed by atoms with E-state index < -0.39 is 0 Å². The summed E-state index contributed by atoms with van der Waals surface area (Å²) in [7, 11) is 0. The molecule has 0 spiro atoms. The zero-order valence-corrected chi connectivity index (χ0v) is 12.7. The molecule has 0 bridgehead atoms. The third kappa shape index (κ3) is 5.15. The van der Waals surface area contributed by atoms with E-state index in [4.69, 9.17) is 5.73 Å². The lowest BCUT2D eigenvalue weighted by Crippen LogP contribution is -2.49. The highest BCUT2D eigenvalue weighted by Gasteiger charge is 2.19. The lowest BCUT2D eigenvalue weighted by Gasteiger charge is -2.36. The Labute approximate surface area is 126 Å². The molecule has 1 fully saturated rings. The average molecular weight is 310 g/mol. The molecule has 1 aromatic carbocycles. The molecule has 0 aromatic heterocycles. The highest BCUT2D eigenvalue weighted by atomic mass is 35.5. The molecule has 19 heavy (non-hydrogen) atoms. The van der Waals surface area contributed by atoms with Crippen LogP contribution in [0, 0.1) is 5.82 Å². The minimum Gasteiger partial charge on any atom is -0.367 e. The van der Waals surface area contributed by atoms with Gasteiger partial charge >= 0.3 is 0 Å². The van der Waals surface area contributed by atoms with Crippen molar-refractivity contribution < 1.29 is 4.39 Å². The molecule has 3 nitrogen and oxygen atoms in total. The minimum atomic E-state index is -0.131. The van der Waals surface area contributed by atoms with Gasteiger partial charge in [0.15, 0.2) is 0 Å². The molecule has 1 heterocycles. The van der Waals surface area contributed by atoms with Crippen molar-refractivity contribution in [3.8, 4) is 0 Å². The number of nitrogens with two attached hydrogens (primary N) is 1. The van der Waals surface area contributed by atoms with E-state index in [9.17, 15) is 4.39 Å². The molecule has 2 rings (SSSR count). The van der Waals surface area contributed by atoms with Gasteiger partial charge in [-0.3, -0.25) is 4.90 Å². The molecule has 0 radical (unpaired) electrons. The van der Waals surface area contributed by atoms with Crippen molar-refractivity contribution in [2.45, 2.75) is 13.0 Å². The zero-order valence-electron chi connectivity index (χ0n) is 11.1. The van der Waals surface area contributed by atoms with E-state index in [0.29, 0.717) is 5.69 Å². The summed E-state index contributed by atoms with van der Waals surface area (Å²) < 4.78 is 13.6.